The van der Waals surface area contributed by atoms with Gasteiger partial charge in [-0.25, -0.2) is 9.50 Å². The van der Waals surface area contributed by atoms with Gasteiger partial charge in [-0.1, -0.05) is 42.5 Å². The SMILES string of the molecule is CCOC(=O)C1CCCN(C(=O)c2cc(-c3cccc(OC)c3)n3nc(-c4ccccc4)cc3n2)C1. The predicted octanol–water partition coefficient (Wildman–Crippen LogP) is 4.49. The predicted molar refractivity (Wildman–Crippen MR) is 136 cm³/mol. The first-order chi connectivity index (χ1) is 17.6. The van der Waals surface area contributed by atoms with Crippen molar-refractivity contribution in [3.05, 3.63) is 72.4 Å². The highest BCUT2D eigenvalue weighted by Crippen LogP contribution is 2.28. The zero-order valence-corrected chi connectivity index (χ0v) is 20.4. The van der Waals surface area contributed by atoms with Crippen LogP contribution in [0.4, 0.5) is 0 Å². The van der Waals surface area contributed by atoms with E-state index in [0.29, 0.717) is 43.2 Å². The molecule has 0 saturated carbocycles. The molecule has 8 nitrogen and oxygen atoms in total. The highest BCUT2D eigenvalue weighted by molar-refractivity contribution is 5.94. The molecule has 1 fully saturated rings. The van der Waals surface area contributed by atoms with Gasteiger partial charge in [0.05, 0.1) is 31.0 Å². The molecule has 1 atom stereocenters. The summed E-state index contributed by atoms with van der Waals surface area (Å²) in [6.45, 7) is 3.02. The largest absolute Gasteiger partial charge is 0.497 e. The van der Waals surface area contributed by atoms with E-state index in [1.165, 1.54) is 0 Å². The zero-order valence-electron chi connectivity index (χ0n) is 20.4. The van der Waals surface area contributed by atoms with Gasteiger partial charge in [0.25, 0.3) is 5.91 Å². The molecule has 36 heavy (non-hydrogen) atoms. The number of fused-ring (bicyclic) bond motifs is 1. The summed E-state index contributed by atoms with van der Waals surface area (Å²) in [5, 5.41) is 4.81. The Labute approximate surface area is 209 Å². The van der Waals surface area contributed by atoms with Crippen LogP contribution >= 0.6 is 0 Å². The number of carbonyl (C=O) groups excluding carboxylic acids is 2. The van der Waals surface area contributed by atoms with Crippen LogP contribution in [0.1, 0.15) is 30.3 Å². The first kappa shape index (κ1) is 23.5. The van der Waals surface area contributed by atoms with Crippen LogP contribution < -0.4 is 4.74 Å². The highest BCUT2D eigenvalue weighted by atomic mass is 16.5. The molecule has 0 bridgehead atoms. The third-order valence-electron chi connectivity index (χ3n) is 6.41. The molecule has 1 aliphatic rings. The summed E-state index contributed by atoms with van der Waals surface area (Å²) in [7, 11) is 1.62. The van der Waals surface area contributed by atoms with Crippen LogP contribution in [-0.2, 0) is 9.53 Å². The van der Waals surface area contributed by atoms with Gasteiger partial charge in [-0.3, -0.25) is 9.59 Å². The van der Waals surface area contributed by atoms with Crippen molar-refractivity contribution < 1.29 is 19.1 Å². The van der Waals surface area contributed by atoms with E-state index < -0.39 is 0 Å². The number of methoxy groups -OCH3 is 1. The van der Waals surface area contributed by atoms with Gasteiger partial charge in [-0.05, 0) is 38.0 Å². The van der Waals surface area contributed by atoms with Crippen LogP contribution in [0.3, 0.4) is 0 Å². The third-order valence-corrected chi connectivity index (χ3v) is 6.41. The molecule has 8 heteroatoms. The Kier molecular flexibility index (Phi) is 6.66. The summed E-state index contributed by atoms with van der Waals surface area (Å²) < 4.78 is 12.4. The lowest BCUT2D eigenvalue weighted by Gasteiger charge is -2.31. The van der Waals surface area contributed by atoms with Crippen LogP contribution in [0.2, 0.25) is 0 Å². The standard InChI is InChI=1S/C28H28N4O4/c1-3-36-28(34)21-12-8-14-31(18-21)27(33)24-16-25(20-11-7-13-22(15-20)35-2)32-26(29-24)17-23(30-32)19-9-5-4-6-10-19/h4-7,9-11,13,15-17,21H,3,8,12,14,18H2,1-2H3. The lowest BCUT2D eigenvalue weighted by atomic mass is 9.98. The smallest absolute Gasteiger partial charge is 0.310 e. The second-order valence-corrected chi connectivity index (χ2v) is 8.77. The Bertz CT molecular complexity index is 1400. The van der Waals surface area contributed by atoms with E-state index >= 15 is 0 Å². The zero-order chi connectivity index (χ0) is 25.1. The Morgan fingerprint density at radius 3 is 2.61 bits per heavy atom. The van der Waals surface area contributed by atoms with Gasteiger partial charge in [-0.15, -0.1) is 0 Å². The first-order valence-corrected chi connectivity index (χ1v) is 12.1. The lowest BCUT2D eigenvalue weighted by molar-refractivity contribution is -0.149. The van der Waals surface area contributed by atoms with Gasteiger partial charge < -0.3 is 14.4 Å². The van der Waals surface area contributed by atoms with E-state index in [1.54, 1.807) is 29.5 Å². The topological polar surface area (TPSA) is 86.0 Å². The Hall–Kier alpha value is -4.20. The van der Waals surface area contributed by atoms with E-state index in [1.807, 2.05) is 60.7 Å². The number of carbonyl (C=O) groups is 2. The number of aromatic nitrogens is 3. The normalized spacial score (nSPS) is 15.6. The van der Waals surface area contributed by atoms with Gasteiger partial charge in [0.15, 0.2) is 5.65 Å². The average Bonchev–Trinajstić information content (AvgIpc) is 3.37. The van der Waals surface area contributed by atoms with Crippen molar-refractivity contribution in [1.82, 2.24) is 19.5 Å². The van der Waals surface area contributed by atoms with Gasteiger partial charge >= 0.3 is 5.97 Å². The second kappa shape index (κ2) is 10.2. The van der Waals surface area contributed by atoms with E-state index in [9.17, 15) is 9.59 Å². The molecular formula is C28H28N4O4. The third kappa shape index (κ3) is 4.66. The number of hydrogen-bond acceptors (Lipinski definition) is 6. The molecule has 5 rings (SSSR count). The summed E-state index contributed by atoms with van der Waals surface area (Å²) in [6.07, 6.45) is 1.46. The van der Waals surface area contributed by atoms with Crippen LogP contribution in [0, 0.1) is 5.92 Å². The average molecular weight is 485 g/mol. The highest BCUT2D eigenvalue weighted by Gasteiger charge is 2.31. The molecule has 0 N–H and O–H groups in total. The molecule has 0 spiro atoms. The summed E-state index contributed by atoms with van der Waals surface area (Å²) in [6, 6.07) is 21.1. The van der Waals surface area contributed by atoms with E-state index in [4.69, 9.17) is 19.6 Å². The van der Waals surface area contributed by atoms with Gasteiger partial charge in [-0.2, -0.15) is 5.10 Å². The molecule has 4 aromatic rings. The van der Waals surface area contributed by atoms with Crippen LogP contribution in [0.25, 0.3) is 28.2 Å². The molecule has 0 aliphatic carbocycles. The van der Waals surface area contributed by atoms with Gasteiger partial charge in [0, 0.05) is 30.3 Å². The van der Waals surface area contributed by atoms with Crippen molar-refractivity contribution in [2.45, 2.75) is 19.8 Å². The number of nitrogens with zero attached hydrogens (tertiary/aromatic N) is 4. The molecule has 1 saturated heterocycles. The minimum Gasteiger partial charge on any atom is -0.497 e. The second-order valence-electron chi connectivity index (χ2n) is 8.77. The van der Waals surface area contributed by atoms with Crippen LogP contribution in [0.15, 0.2) is 66.7 Å². The van der Waals surface area contributed by atoms with Gasteiger partial charge in [0.2, 0.25) is 0 Å². The summed E-state index contributed by atoms with van der Waals surface area (Å²) in [4.78, 5) is 32.3. The minimum absolute atomic E-state index is 0.210. The number of benzene rings is 2. The number of ether oxygens (including phenoxy) is 2. The van der Waals surface area contributed by atoms with Crippen molar-refractivity contribution in [3.8, 4) is 28.3 Å². The Morgan fingerprint density at radius 1 is 1.03 bits per heavy atom. The molecule has 0 radical (unpaired) electrons. The van der Waals surface area contributed by atoms with Crippen molar-refractivity contribution in [1.29, 1.82) is 0 Å². The van der Waals surface area contributed by atoms with Crippen molar-refractivity contribution in [3.63, 3.8) is 0 Å². The number of esters is 1. The quantitative estimate of drug-likeness (QED) is 0.375. The number of amides is 1. The fourth-order valence-electron chi connectivity index (χ4n) is 4.60. The maximum Gasteiger partial charge on any atom is 0.310 e. The van der Waals surface area contributed by atoms with Crippen molar-refractivity contribution >= 4 is 17.5 Å². The summed E-state index contributed by atoms with van der Waals surface area (Å²) >= 11 is 0. The van der Waals surface area contributed by atoms with E-state index in [0.717, 1.165) is 28.9 Å². The molecular weight excluding hydrogens is 456 g/mol. The number of piperidine rings is 1. The maximum absolute atomic E-state index is 13.6. The number of hydrogen-bond donors (Lipinski definition) is 0. The van der Waals surface area contributed by atoms with Crippen LogP contribution in [0.5, 0.6) is 5.75 Å². The molecule has 2 aromatic heterocycles. The van der Waals surface area contributed by atoms with Crippen molar-refractivity contribution in [2.75, 3.05) is 26.8 Å². The molecule has 184 valence electrons. The fourth-order valence-corrected chi connectivity index (χ4v) is 4.60. The first-order valence-electron chi connectivity index (χ1n) is 12.1. The number of rotatable bonds is 6. The maximum atomic E-state index is 13.6. The van der Waals surface area contributed by atoms with Crippen molar-refractivity contribution in [2.24, 2.45) is 5.92 Å². The van der Waals surface area contributed by atoms with Crippen LogP contribution in [-0.4, -0.2) is 58.2 Å². The molecule has 2 aromatic carbocycles. The lowest BCUT2D eigenvalue weighted by Crippen LogP contribution is -2.43. The fraction of sp³-hybridized carbons (Fsp3) is 0.286. The molecule has 1 aliphatic heterocycles. The number of likely N-dealkylation sites (tertiary alicyclic amines) is 1. The monoisotopic (exact) mass is 484 g/mol. The molecule has 1 unspecified atom stereocenters. The van der Waals surface area contributed by atoms with Gasteiger partial charge in [0.1, 0.15) is 11.4 Å². The van der Waals surface area contributed by atoms with E-state index in [-0.39, 0.29) is 17.8 Å². The Morgan fingerprint density at radius 2 is 1.83 bits per heavy atom. The summed E-state index contributed by atoms with van der Waals surface area (Å²) in [5.74, 6) is -0.0742. The summed E-state index contributed by atoms with van der Waals surface area (Å²) in [5.41, 5.74) is 4.17. The minimum atomic E-state index is -0.316. The van der Waals surface area contributed by atoms with E-state index in [2.05, 4.69) is 0 Å². The molecule has 1 amide bonds. The molecule has 3 heterocycles. The Balaban J connectivity index is 1.57.